The summed E-state index contributed by atoms with van der Waals surface area (Å²) in [5.41, 5.74) is 6.85. The predicted octanol–water partition coefficient (Wildman–Crippen LogP) is 0.341. The third kappa shape index (κ3) is 1.56. The van der Waals surface area contributed by atoms with E-state index in [2.05, 4.69) is 9.98 Å². The molecular formula is C10H11N3O2. The zero-order valence-electron chi connectivity index (χ0n) is 8.21. The molecule has 2 unspecified atom stereocenters. The van der Waals surface area contributed by atoms with Crippen molar-refractivity contribution in [1.82, 2.24) is 0 Å². The maximum absolute atomic E-state index is 11.0. The van der Waals surface area contributed by atoms with Gasteiger partial charge in [0.25, 0.3) is 0 Å². The molecule has 2 rings (SSSR count). The number of carboxylic acids is 1. The number of nitrogens with two attached hydrogens (primary N) is 1. The van der Waals surface area contributed by atoms with Crippen molar-refractivity contribution in [2.45, 2.75) is 13.1 Å². The Morgan fingerprint density at radius 3 is 2.93 bits per heavy atom. The summed E-state index contributed by atoms with van der Waals surface area (Å²) in [6, 6.07) is 0. The Bertz CT molecular complexity index is 432. The summed E-state index contributed by atoms with van der Waals surface area (Å²) in [6.45, 7) is 1.77. The van der Waals surface area contributed by atoms with Gasteiger partial charge in [0.1, 0.15) is 17.9 Å². The van der Waals surface area contributed by atoms with Crippen LogP contribution >= 0.6 is 0 Å². The molecule has 0 spiro atoms. The van der Waals surface area contributed by atoms with Crippen LogP contribution in [0.5, 0.6) is 0 Å². The van der Waals surface area contributed by atoms with Gasteiger partial charge < -0.3 is 10.8 Å². The van der Waals surface area contributed by atoms with Crippen molar-refractivity contribution in [3.05, 3.63) is 23.8 Å². The zero-order chi connectivity index (χ0) is 11.0. The molecule has 1 heterocycles. The quantitative estimate of drug-likeness (QED) is 0.647. The number of amidine groups is 1. The van der Waals surface area contributed by atoms with E-state index in [1.54, 1.807) is 25.2 Å². The first-order valence-electron chi connectivity index (χ1n) is 4.62. The Kier molecular flexibility index (Phi) is 2.15. The fourth-order valence-electron chi connectivity index (χ4n) is 1.67. The largest absolute Gasteiger partial charge is 0.481 e. The van der Waals surface area contributed by atoms with E-state index in [-0.39, 0.29) is 6.17 Å². The van der Waals surface area contributed by atoms with Crippen LogP contribution in [-0.4, -0.2) is 28.8 Å². The number of aliphatic carboxylic acids is 1. The molecule has 78 valence electrons. The molecule has 3 N–H and O–H groups in total. The molecule has 0 fully saturated rings. The first-order chi connectivity index (χ1) is 7.09. The molecule has 2 atom stereocenters. The predicted molar refractivity (Wildman–Crippen MR) is 56.9 cm³/mol. The van der Waals surface area contributed by atoms with Gasteiger partial charge in [0.05, 0.1) is 5.71 Å². The maximum Gasteiger partial charge on any atom is 0.316 e. The van der Waals surface area contributed by atoms with Crippen LogP contribution in [0, 0.1) is 5.92 Å². The molecule has 5 nitrogen and oxygen atoms in total. The molecular weight excluding hydrogens is 194 g/mol. The summed E-state index contributed by atoms with van der Waals surface area (Å²) in [7, 11) is 0. The summed E-state index contributed by atoms with van der Waals surface area (Å²) < 4.78 is 0. The van der Waals surface area contributed by atoms with Crippen LogP contribution in [0.4, 0.5) is 0 Å². The lowest BCUT2D eigenvalue weighted by atomic mass is 9.90. The van der Waals surface area contributed by atoms with Gasteiger partial charge in [-0.3, -0.25) is 9.79 Å². The fraction of sp³-hybridized carbons (Fsp3) is 0.300. The standard InChI is InChI=1S/C10H11N3O2/c1-5-12-8-6(9(11)13-5)3-2-4-7(8)10(14)15/h2-5,7H,1H3,(H2,11,13)(H,14,15). The third-order valence-corrected chi connectivity index (χ3v) is 2.33. The lowest BCUT2D eigenvalue weighted by Gasteiger charge is -2.23. The van der Waals surface area contributed by atoms with E-state index in [4.69, 9.17) is 10.8 Å². The Morgan fingerprint density at radius 2 is 2.27 bits per heavy atom. The molecule has 0 saturated carbocycles. The maximum atomic E-state index is 11.0. The molecule has 5 heteroatoms. The Labute approximate surface area is 86.7 Å². The van der Waals surface area contributed by atoms with E-state index >= 15 is 0 Å². The molecule has 0 saturated heterocycles. The number of rotatable bonds is 1. The Morgan fingerprint density at radius 1 is 1.53 bits per heavy atom. The Hall–Kier alpha value is -1.91. The average molecular weight is 205 g/mol. The van der Waals surface area contributed by atoms with Gasteiger partial charge in [-0.1, -0.05) is 12.2 Å². The van der Waals surface area contributed by atoms with Crippen LogP contribution in [0.2, 0.25) is 0 Å². The van der Waals surface area contributed by atoms with Gasteiger partial charge in [-0.2, -0.15) is 0 Å². The van der Waals surface area contributed by atoms with E-state index < -0.39 is 11.9 Å². The van der Waals surface area contributed by atoms with Crippen LogP contribution in [0.25, 0.3) is 0 Å². The molecule has 0 aromatic rings. The second-order valence-electron chi connectivity index (χ2n) is 3.44. The molecule has 15 heavy (non-hydrogen) atoms. The van der Waals surface area contributed by atoms with Crippen molar-refractivity contribution >= 4 is 17.5 Å². The average Bonchev–Trinajstić information content (AvgIpc) is 2.16. The first-order valence-corrected chi connectivity index (χ1v) is 4.62. The van der Waals surface area contributed by atoms with Crippen LogP contribution < -0.4 is 5.73 Å². The molecule has 0 bridgehead atoms. The van der Waals surface area contributed by atoms with Crippen molar-refractivity contribution in [2.24, 2.45) is 21.6 Å². The number of carboxylic acid groups (broad SMARTS) is 1. The second-order valence-corrected chi connectivity index (χ2v) is 3.44. The van der Waals surface area contributed by atoms with Crippen LogP contribution in [0.1, 0.15) is 6.92 Å². The van der Waals surface area contributed by atoms with Gasteiger partial charge in [0, 0.05) is 5.57 Å². The highest BCUT2D eigenvalue weighted by atomic mass is 16.4. The van der Waals surface area contributed by atoms with Crippen molar-refractivity contribution in [1.29, 1.82) is 0 Å². The Balaban J connectivity index is 2.46. The SMILES string of the molecule is CC1N=C(N)C2=CC=CC(C(=O)O)C2=N1. The molecule has 1 aliphatic heterocycles. The minimum Gasteiger partial charge on any atom is -0.481 e. The molecule has 0 amide bonds. The van der Waals surface area contributed by atoms with Crippen molar-refractivity contribution < 1.29 is 9.90 Å². The van der Waals surface area contributed by atoms with Gasteiger partial charge in [0.15, 0.2) is 0 Å². The lowest BCUT2D eigenvalue weighted by molar-refractivity contribution is -0.138. The van der Waals surface area contributed by atoms with Gasteiger partial charge >= 0.3 is 5.97 Å². The third-order valence-electron chi connectivity index (χ3n) is 2.33. The first kappa shape index (κ1) is 9.64. The van der Waals surface area contributed by atoms with Gasteiger partial charge in [0.2, 0.25) is 0 Å². The number of fused-ring (bicyclic) bond motifs is 1. The van der Waals surface area contributed by atoms with Crippen LogP contribution in [-0.2, 0) is 4.79 Å². The highest BCUT2D eigenvalue weighted by molar-refractivity contribution is 6.29. The van der Waals surface area contributed by atoms with Crippen molar-refractivity contribution in [2.75, 3.05) is 0 Å². The fourth-order valence-corrected chi connectivity index (χ4v) is 1.67. The molecule has 1 aliphatic carbocycles. The lowest BCUT2D eigenvalue weighted by Crippen LogP contribution is -2.35. The van der Waals surface area contributed by atoms with E-state index in [0.717, 1.165) is 0 Å². The number of hydrogen-bond acceptors (Lipinski definition) is 4. The highest BCUT2D eigenvalue weighted by Crippen LogP contribution is 2.21. The normalized spacial score (nSPS) is 28.7. The minimum atomic E-state index is -0.919. The molecule has 0 radical (unpaired) electrons. The van der Waals surface area contributed by atoms with Crippen molar-refractivity contribution in [3.8, 4) is 0 Å². The smallest absolute Gasteiger partial charge is 0.316 e. The number of nitrogens with zero attached hydrogens (tertiary/aromatic N) is 2. The van der Waals surface area contributed by atoms with E-state index in [1.165, 1.54) is 0 Å². The summed E-state index contributed by atoms with van der Waals surface area (Å²) in [5.74, 6) is -1.26. The zero-order valence-corrected chi connectivity index (χ0v) is 8.21. The molecule has 2 aliphatic rings. The topological polar surface area (TPSA) is 88.0 Å². The monoisotopic (exact) mass is 205 g/mol. The summed E-state index contributed by atoms with van der Waals surface area (Å²) >= 11 is 0. The molecule has 0 aromatic carbocycles. The second kappa shape index (κ2) is 3.34. The number of carbonyl (C=O) groups is 1. The van der Waals surface area contributed by atoms with Crippen molar-refractivity contribution in [3.63, 3.8) is 0 Å². The van der Waals surface area contributed by atoms with Gasteiger partial charge in [-0.15, -0.1) is 0 Å². The summed E-state index contributed by atoms with van der Waals surface area (Å²) in [5, 5.41) is 9.01. The number of hydrogen-bond donors (Lipinski definition) is 2. The number of allylic oxidation sites excluding steroid dienone is 2. The van der Waals surface area contributed by atoms with Crippen LogP contribution in [0.15, 0.2) is 33.8 Å². The van der Waals surface area contributed by atoms with E-state index in [0.29, 0.717) is 17.1 Å². The van der Waals surface area contributed by atoms with E-state index in [1.807, 2.05) is 0 Å². The van der Waals surface area contributed by atoms with Crippen LogP contribution in [0.3, 0.4) is 0 Å². The minimum absolute atomic E-state index is 0.300. The van der Waals surface area contributed by atoms with Gasteiger partial charge in [-0.25, -0.2) is 4.99 Å². The van der Waals surface area contributed by atoms with E-state index in [9.17, 15) is 4.79 Å². The number of aliphatic imine (C=N–C) groups is 2. The molecule has 0 aromatic heterocycles. The summed E-state index contributed by atoms with van der Waals surface area (Å²) in [4.78, 5) is 19.3. The highest BCUT2D eigenvalue weighted by Gasteiger charge is 2.30. The summed E-state index contributed by atoms with van der Waals surface area (Å²) in [6.07, 6.45) is 4.70. The van der Waals surface area contributed by atoms with Gasteiger partial charge in [-0.05, 0) is 13.0 Å².